The first-order valence-electron chi connectivity index (χ1n) is 14.8. The van der Waals surface area contributed by atoms with Crippen molar-refractivity contribution in [2.75, 3.05) is 12.9 Å². The Bertz CT molecular complexity index is 1610. The quantitative estimate of drug-likeness (QED) is 0.108. The van der Waals surface area contributed by atoms with Gasteiger partial charge in [0.15, 0.2) is 0 Å². The van der Waals surface area contributed by atoms with E-state index in [1.54, 1.807) is 13.0 Å². The number of thioether (sulfide) groups is 1. The molecule has 0 bridgehead atoms. The van der Waals surface area contributed by atoms with Gasteiger partial charge in [-0.2, -0.15) is 0 Å². The van der Waals surface area contributed by atoms with Crippen LogP contribution < -0.4 is 10.4 Å². The van der Waals surface area contributed by atoms with Crippen LogP contribution in [0.25, 0.3) is 11.1 Å². The minimum absolute atomic E-state index is 0.124. The minimum Gasteiger partial charge on any atom is -0.469 e. The number of hydrogen-bond acceptors (Lipinski definition) is 4. The maximum absolute atomic E-state index is 14.0. The van der Waals surface area contributed by atoms with Gasteiger partial charge in [-0.1, -0.05) is 123 Å². The van der Waals surface area contributed by atoms with Crippen LogP contribution in [0.5, 0.6) is 0 Å². The molecule has 0 aliphatic heterocycles. The molecule has 0 N–H and O–H groups in total. The Morgan fingerprint density at radius 3 is 2.05 bits per heavy atom. The highest BCUT2D eigenvalue weighted by atomic mass is 32.2. The lowest BCUT2D eigenvalue weighted by Crippen LogP contribution is -2.68. The van der Waals surface area contributed by atoms with Crippen molar-refractivity contribution in [3.05, 3.63) is 119 Å². The molecule has 0 aliphatic carbocycles. The second kappa shape index (κ2) is 14.4. The molecule has 0 spiro atoms. The van der Waals surface area contributed by atoms with Gasteiger partial charge in [0.25, 0.3) is 8.32 Å². The minimum atomic E-state index is -2.89. The lowest BCUT2D eigenvalue weighted by atomic mass is 9.93. The third-order valence-electron chi connectivity index (χ3n) is 7.85. The fraction of sp³-hybridized carbons (Fsp3) is 0.289. The zero-order valence-electron chi connectivity index (χ0n) is 26.7. The van der Waals surface area contributed by atoms with E-state index in [0.29, 0.717) is 11.3 Å². The summed E-state index contributed by atoms with van der Waals surface area (Å²) in [5.74, 6) is 3.33. The zero-order valence-corrected chi connectivity index (χ0v) is 28.5. The van der Waals surface area contributed by atoms with Gasteiger partial charge >= 0.3 is 5.97 Å². The Labute approximate surface area is 267 Å². The van der Waals surface area contributed by atoms with Gasteiger partial charge in [-0.25, -0.2) is 4.39 Å². The maximum atomic E-state index is 14.0. The summed E-state index contributed by atoms with van der Waals surface area (Å²) < 4.78 is 26.4. The molecule has 44 heavy (non-hydrogen) atoms. The Balaban J connectivity index is 1.70. The molecule has 228 valence electrons. The first-order chi connectivity index (χ1) is 21.0. The number of carbonyl (C=O) groups excluding carboxylic acids is 1. The van der Waals surface area contributed by atoms with Crippen LogP contribution in [0.15, 0.2) is 91.0 Å². The number of halogens is 1. The first-order valence-corrected chi connectivity index (χ1v) is 17.7. The number of methoxy groups -OCH3 is 1. The predicted molar refractivity (Wildman–Crippen MR) is 185 cm³/mol. The van der Waals surface area contributed by atoms with Crippen molar-refractivity contribution < 1.29 is 18.3 Å². The number of ether oxygens (including phenoxy) is 1. The summed E-state index contributed by atoms with van der Waals surface area (Å²) in [5, 5.41) is 5.37. The summed E-state index contributed by atoms with van der Waals surface area (Å²) in [6.07, 6.45) is -0.300. The molecule has 0 fully saturated rings. The van der Waals surface area contributed by atoms with Crippen LogP contribution in [0.1, 0.15) is 49.4 Å². The van der Waals surface area contributed by atoms with E-state index in [0.717, 1.165) is 38.2 Å². The molecule has 0 radical (unpaired) electrons. The lowest BCUT2D eigenvalue weighted by molar-refractivity contribution is -0.142. The highest BCUT2D eigenvalue weighted by Crippen LogP contribution is 2.38. The van der Waals surface area contributed by atoms with E-state index in [1.165, 1.54) is 24.9 Å². The third-order valence-corrected chi connectivity index (χ3v) is 13.7. The van der Waals surface area contributed by atoms with Crippen LogP contribution >= 0.6 is 11.8 Å². The topological polar surface area (TPSA) is 35.5 Å². The van der Waals surface area contributed by atoms with Crippen molar-refractivity contribution in [2.24, 2.45) is 0 Å². The molecule has 1 atom stereocenters. The van der Waals surface area contributed by atoms with E-state index >= 15 is 0 Å². The molecular formula is C38H41FO3SSi. The van der Waals surface area contributed by atoms with E-state index in [-0.39, 0.29) is 23.2 Å². The Kier molecular flexibility index (Phi) is 10.9. The van der Waals surface area contributed by atoms with Gasteiger partial charge in [0, 0.05) is 11.3 Å². The van der Waals surface area contributed by atoms with Gasteiger partial charge < -0.3 is 9.16 Å². The smallest absolute Gasteiger partial charge is 0.308 e. The zero-order chi connectivity index (χ0) is 31.9. The van der Waals surface area contributed by atoms with Crippen LogP contribution in [0.3, 0.4) is 0 Å². The summed E-state index contributed by atoms with van der Waals surface area (Å²) in [7, 11) is -1.48. The molecule has 3 nitrogen and oxygen atoms in total. The summed E-state index contributed by atoms with van der Waals surface area (Å²) in [4.78, 5) is 12.7. The van der Waals surface area contributed by atoms with Crippen LogP contribution in [-0.4, -0.2) is 33.3 Å². The van der Waals surface area contributed by atoms with Crippen molar-refractivity contribution in [3.63, 3.8) is 0 Å². The number of hydrogen-bond donors (Lipinski definition) is 0. The largest absolute Gasteiger partial charge is 0.469 e. The average Bonchev–Trinajstić information content (AvgIpc) is 3.00. The second-order valence-electron chi connectivity index (χ2n) is 12.2. The summed E-state index contributed by atoms with van der Waals surface area (Å²) in [6, 6.07) is 30.2. The number of carbonyl (C=O) groups is 1. The van der Waals surface area contributed by atoms with Gasteiger partial charge in [-0.05, 0) is 75.8 Å². The van der Waals surface area contributed by atoms with E-state index in [4.69, 9.17) is 9.16 Å². The van der Waals surface area contributed by atoms with Gasteiger partial charge in [0.1, 0.15) is 5.82 Å². The van der Waals surface area contributed by atoms with Gasteiger partial charge in [0.2, 0.25) is 0 Å². The number of benzene rings is 4. The monoisotopic (exact) mass is 624 g/mol. The second-order valence-corrected chi connectivity index (χ2v) is 17.3. The lowest BCUT2D eigenvalue weighted by Gasteiger charge is -2.45. The standard InChI is InChI=1S/C38H41FO3SSi/c1-27-22-28(2)34(35(23-27)30-18-19-36(39)29(3)24-30)20-21-43-26-31(25-37(40)41-7)42-44(38(4,5)6,32-14-10-8-11-15-32)33-16-12-9-13-17-33/h8-19,22-24,31H,25-26H2,1-7H3/t31-/m0/s1. The Morgan fingerprint density at radius 1 is 0.886 bits per heavy atom. The molecule has 0 saturated carbocycles. The average molecular weight is 625 g/mol. The fourth-order valence-electron chi connectivity index (χ4n) is 5.74. The maximum Gasteiger partial charge on any atom is 0.308 e. The molecule has 0 saturated heterocycles. The van der Waals surface area contributed by atoms with E-state index in [1.807, 2.05) is 25.1 Å². The number of rotatable bonds is 9. The molecule has 0 amide bonds. The van der Waals surface area contributed by atoms with Crippen molar-refractivity contribution in [1.29, 1.82) is 0 Å². The highest BCUT2D eigenvalue weighted by molar-refractivity contribution is 8.03. The van der Waals surface area contributed by atoms with Crippen LogP contribution in [-0.2, 0) is 14.0 Å². The van der Waals surface area contributed by atoms with Crippen molar-refractivity contribution >= 4 is 36.4 Å². The number of aryl methyl sites for hydroxylation is 3. The molecule has 0 heterocycles. The predicted octanol–water partition coefficient (Wildman–Crippen LogP) is 7.97. The summed E-state index contributed by atoms with van der Waals surface area (Å²) in [5.41, 5.74) is 5.60. The SMILES string of the molecule is COC(=O)C[C@@H](CSC#Cc1c(C)cc(C)cc1-c1ccc(F)c(C)c1)O[Si](c1ccccc1)(c1ccccc1)C(C)(C)C. The molecule has 4 rings (SSSR count). The normalized spacial score (nSPS) is 12.3. The molecule has 0 aromatic heterocycles. The highest BCUT2D eigenvalue weighted by Gasteiger charge is 2.51. The van der Waals surface area contributed by atoms with E-state index in [2.05, 4.69) is 99.5 Å². The summed E-state index contributed by atoms with van der Waals surface area (Å²) >= 11 is 1.44. The van der Waals surface area contributed by atoms with Crippen LogP contribution in [0.2, 0.25) is 5.04 Å². The Hall–Kier alpha value is -3.63. The van der Waals surface area contributed by atoms with Crippen LogP contribution in [0, 0.1) is 37.8 Å². The first kappa shape index (κ1) is 33.3. The van der Waals surface area contributed by atoms with E-state index in [9.17, 15) is 9.18 Å². The van der Waals surface area contributed by atoms with E-state index < -0.39 is 14.4 Å². The molecule has 4 aromatic carbocycles. The molecular weight excluding hydrogens is 584 g/mol. The number of esters is 1. The Morgan fingerprint density at radius 2 is 1.50 bits per heavy atom. The van der Waals surface area contributed by atoms with Crippen molar-refractivity contribution in [1.82, 2.24) is 0 Å². The van der Waals surface area contributed by atoms with Gasteiger partial charge in [-0.15, -0.1) is 0 Å². The molecule has 4 aromatic rings. The van der Waals surface area contributed by atoms with Crippen molar-refractivity contribution in [3.8, 4) is 22.3 Å². The molecule has 6 heteroatoms. The molecule has 0 unspecified atom stereocenters. The van der Waals surface area contributed by atoms with Crippen molar-refractivity contribution in [2.45, 2.75) is 59.1 Å². The van der Waals surface area contributed by atoms with Crippen LogP contribution in [0.4, 0.5) is 4.39 Å². The van der Waals surface area contributed by atoms with Gasteiger partial charge in [0.05, 0.1) is 19.6 Å². The third kappa shape index (κ3) is 7.53. The summed E-state index contributed by atoms with van der Waals surface area (Å²) in [6.45, 7) is 12.5. The van der Waals surface area contributed by atoms with Gasteiger partial charge in [-0.3, -0.25) is 4.79 Å². The molecule has 0 aliphatic rings. The fourth-order valence-corrected chi connectivity index (χ4v) is 11.2.